The fourth-order valence-corrected chi connectivity index (χ4v) is 3.49. The minimum Gasteiger partial charge on any atom is -0.285 e. The summed E-state index contributed by atoms with van der Waals surface area (Å²) >= 11 is 6.78. The summed E-state index contributed by atoms with van der Waals surface area (Å²) in [5.41, 5.74) is 1.73. The van der Waals surface area contributed by atoms with Crippen LogP contribution in [0.5, 0.6) is 0 Å². The Bertz CT molecular complexity index is 682. The second kappa shape index (κ2) is 8.62. The highest BCUT2D eigenvalue weighted by molar-refractivity contribution is 9.10. The summed E-state index contributed by atoms with van der Waals surface area (Å²) in [6.45, 7) is 0. The van der Waals surface area contributed by atoms with Crippen LogP contribution in [-0.2, 0) is 0 Å². The largest absolute Gasteiger partial charge is 0.285 e. The highest BCUT2D eigenvalue weighted by Crippen LogP contribution is 2.24. The summed E-state index contributed by atoms with van der Waals surface area (Å²) in [4.78, 5) is 18.3. The van der Waals surface area contributed by atoms with Crippen LogP contribution in [0, 0.1) is 0 Å². The molecule has 2 heterocycles. The number of aromatic nitrogens is 2. The predicted molar refractivity (Wildman–Crippen MR) is 105 cm³/mol. The van der Waals surface area contributed by atoms with Gasteiger partial charge in [0.2, 0.25) is 0 Å². The van der Waals surface area contributed by atoms with E-state index in [1.807, 2.05) is 48.8 Å². The number of hydrogen-bond acceptors (Lipinski definition) is 4. The first-order chi connectivity index (χ1) is 11.7. The highest BCUT2D eigenvalue weighted by Gasteiger charge is 2.23. The van der Waals surface area contributed by atoms with Crippen molar-refractivity contribution in [3.63, 3.8) is 0 Å². The van der Waals surface area contributed by atoms with Gasteiger partial charge >= 0.3 is 0 Å². The van der Waals surface area contributed by atoms with Crippen molar-refractivity contribution in [3.05, 3.63) is 57.0 Å². The average Bonchev–Trinajstić information content (AvgIpc) is 2.59. The van der Waals surface area contributed by atoms with Crippen molar-refractivity contribution in [2.24, 2.45) is 9.98 Å². The Balaban J connectivity index is 1.71. The fourth-order valence-electron chi connectivity index (χ4n) is 2.78. The zero-order chi connectivity index (χ0) is 16.8. The van der Waals surface area contributed by atoms with Crippen LogP contribution in [0.1, 0.15) is 37.1 Å². The zero-order valence-electron chi connectivity index (χ0n) is 13.1. The summed E-state index contributed by atoms with van der Waals surface area (Å²) in [5.74, 6) is 0. The molecule has 2 atom stereocenters. The van der Waals surface area contributed by atoms with E-state index in [4.69, 9.17) is 9.98 Å². The lowest BCUT2D eigenvalue weighted by Crippen LogP contribution is -2.27. The maximum absolute atomic E-state index is 4.75. The normalized spacial score (nSPS) is 21.6. The molecule has 6 heteroatoms. The molecule has 2 aromatic heterocycles. The Morgan fingerprint density at radius 2 is 1.25 bits per heavy atom. The second-order valence-electron chi connectivity index (χ2n) is 5.75. The molecule has 3 rings (SSSR count). The summed E-state index contributed by atoms with van der Waals surface area (Å²) < 4.78 is 1.65. The maximum atomic E-state index is 4.75. The third kappa shape index (κ3) is 5.05. The van der Waals surface area contributed by atoms with E-state index in [0.29, 0.717) is 0 Å². The van der Waals surface area contributed by atoms with Gasteiger partial charge in [0.05, 0.1) is 23.5 Å². The number of rotatable bonds is 4. The first-order valence-corrected chi connectivity index (χ1v) is 9.61. The number of nitrogens with zero attached hydrogens (tertiary/aromatic N) is 4. The van der Waals surface area contributed by atoms with Crippen molar-refractivity contribution in [3.8, 4) is 0 Å². The minimum atomic E-state index is 0.211. The van der Waals surface area contributed by atoms with Gasteiger partial charge in [0.1, 0.15) is 9.21 Å². The molecule has 0 amide bonds. The smallest absolute Gasteiger partial charge is 0.106 e. The first-order valence-electron chi connectivity index (χ1n) is 8.02. The van der Waals surface area contributed by atoms with Gasteiger partial charge < -0.3 is 0 Å². The van der Waals surface area contributed by atoms with Crippen molar-refractivity contribution >= 4 is 44.3 Å². The number of pyridine rings is 2. The fraction of sp³-hybridized carbons (Fsp3) is 0.333. The van der Waals surface area contributed by atoms with Gasteiger partial charge in [0.15, 0.2) is 0 Å². The van der Waals surface area contributed by atoms with E-state index in [1.54, 1.807) is 0 Å². The lowest BCUT2D eigenvalue weighted by atomic mass is 9.91. The van der Waals surface area contributed by atoms with Crippen LogP contribution in [0.15, 0.2) is 55.6 Å². The van der Waals surface area contributed by atoms with Crippen LogP contribution in [0.25, 0.3) is 0 Å². The third-order valence-electron chi connectivity index (χ3n) is 3.96. The summed E-state index contributed by atoms with van der Waals surface area (Å²) in [6.07, 6.45) is 8.27. The molecule has 0 unspecified atom stereocenters. The number of hydrogen-bond donors (Lipinski definition) is 0. The van der Waals surface area contributed by atoms with Crippen LogP contribution in [-0.4, -0.2) is 34.5 Å². The van der Waals surface area contributed by atoms with Gasteiger partial charge in [-0.25, -0.2) is 9.97 Å². The number of aliphatic imine (C=N–C) groups is 2. The van der Waals surface area contributed by atoms with Gasteiger partial charge in [0, 0.05) is 12.4 Å². The van der Waals surface area contributed by atoms with Gasteiger partial charge in [-0.3, -0.25) is 9.98 Å². The molecule has 0 spiro atoms. The van der Waals surface area contributed by atoms with Gasteiger partial charge in [-0.15, -0.1) is 0 Å². The molecular weight excluding hydrogens is 432 g/mol. The third-order valence-corrected chi connectivity index (χ3v) is 4.85. The van der Waals surface area contributed by atoms with Crippen molar-refractivity contribution in [2.75, 3.05) is 0 Å². The molecule has 1 aliphatic rings. The minimum absolute atomic E-state index is 0.211. The Hall–Kier alpha value is -1.40. The van der Waals surface area contributed by atoms with Crippen LogP contribution < -0.4 is 0 Å². The van der Waals surface area contributed by atoms with E-state index in [1.165, 1.54) is 12.8 Å². The van der Waals surface area contributed by atoms with Gasteiger partial charge in [-0.1, -0.05) is 25.0 Å². The Morgan fingerprint density at radius 1 is 0.792 bits per heavy atom. The molecule has 0 aliphatic heterocycles. The molecule has 4 nitrogen and oxygen atoms in total. The summed E-state index contributed by atoms with van der Waals surface area (Å²) in [7, 11) is 0. The molecule has 0 aromatic carbocycles. The standard InChI is InChI=1S/C18H18Br2N4/c19-17-9-3-5-13(23-17)11-21-15-7-1-2-8-16(15)22-12-14-6-4-10-18(20)24-14/h3-6,9-12,15-16H,1-2,7-8H2/t15-,16-/m0/s1. The first kappa shape index (κ1) is 17.4. The Kier molecular flexibility index (Phi) is 6.26. The Labute approximate surface area is 158 Å². The molecule has 1 aliphatic carbocycles. The quantitative estimate of drug-likeness (QED) is 0.494. The highest BCUT2D eigenvalue weighted by atomic mass is 79.9. The van der Waals surface area contributed by atoms with Crippen molar-refractivity contribution in [2.45, 2.75) is 37.8 Å². The van der Waals surface area contributed by atoms with E-state index >= 15 is 0 Å². The zero-order valence-corrected chi connectivity index (χ0v) is 16.3. The average molecular weight is 450 g/mol. The lowest BCUT2D eigenvalue weighted by Gasteiger charge is -2.25. The SMILES string of the molecule is Brc1cccc(C=N[C@H]2CCCC[C@@H]2N=Cc2cccc(Br)n2)n1. The van der Waals surface area contributed by atoms with Crippen LogP contribution >= 0.6 is 31.9 Å². The van der Waals surface area contributed by atoms with Crippen LogP contribution in [0.3, 0.4) is 0 Å². The molecule has 1 saturated carbocycles. The molecule has 1 fully saturated rings. The Morgan fingerprint density at radius 3 is 1.67 bits per heavy atom. The van der Waals surface area contributed by atoms with Crippen molar-refractivity contribution in [1.29, 1.82) is 0 Å². The molecule has 0 N–H and O–H groups in total. The molecular formula is C18H18Br2N4. The molecule has 0 radical (unpaired) electrons. The molecule has 0 bridgehead atoms. The molecule has 24 heavy (non-hydrogen) atoms. The molecule has 124 valence electrons. The molecule has 0 saturated heterocycles. The van der Waals surface area contributed by atoms with Gasteiger partial charge in [0.25, 0.3) is 0 Å². The van der Waals surface area contributed by atoms with E-state index in [9.17, 15) is 0 Å². The second-order valence-corrected chi connectivity index (χ2v) is 7.37. The van der Waals surface area contributed by atoms with Crippen molar-refractivity contribution in [1.82, 2.24) is 9.97 Å². The summed E-state index contributed by atoms with van der Waals surface area (Å²) in [6, 6.07) is 12.1. The van der Waals surface area contributed by atoms with Gasteiger partial charge in [-0.05, 0) is 69.0 Å². The number of halogens is 2. The topological polar surface area (TPSA) is 50.5 Å². The van der Waals surface area contributed by atoms with E-state index in [2.05, 4.69) is 41.8 Å². The van der Waals surface area contributed by atoms with Crippen LogP contribution in [0.2, 0.25) is 0 Å². The molecule has 2 aromatic rings. The maximum Gasteiger partial charge on any atom is 0.106 e. The van der Waals surface area contributed by atoms with E-state index in [0.717, 1.165) is 33.4 Å². The predicted octanol–water partition coefficient (Wildman–Crippen LogP) is 4.85. The van der Waals surface area contributed by atoms with Crippen molar-refractivity contribution < 1.29 is 0 Å². The van der Waals surface area contributed by atoms with Crippen LogP contribution in [0.4, 0.5) is 0 Å². The monoisotopic (exact) mass is 448 g/mol. The summed E-state index contributed by atoms with van der Waals surface area (Å²) in [5, 5.41) is 0. The lowest BCUT2D eigenvalue weighted by molar-refractivity contribution is 0.390. The van der Waals surface area contributed by atoms with E-state index in [-0.39, 0.29) is 12.1 Å². The van der Waals surface area contributed by atoms with E-state index < -0.39 is 0 Å². The van der Waals surface area contributed by atoms with Gasteiger partial charge in [-0.2, -0.15) is 0 Å².